The molecule has 0 saturated heterocycles. The van der Waals surface area contributed by atoms with Crippen LogP contribution in [0.3, 0.4) is 0 Å². The molecule has 0 aliphatic carbocycles. The molecule has 2 atom stereocenters. The van der Waals surface area contributed by atoms with Gasteiger partial charge in [-0.1, -0.05) is 78.6 Å². The number of ether oxygens (including phenoxy) is 1. The molecule has 0 aliphatic rings. The van der Waals surface area contributed by atoms with Crippen LogP contribution in [0.2, 0.25) is 0 Å². The zero-order chi connectivity index (χ0) is 17.3. The number of aliphatic hydroxyl groups is 1. The summed E-state index contributed by atoms with van der Waals surface area (Å²) in [7, 11) is 0. The fourth-order valence-electron chi connectivity index (χ4n) is 2.82. The Balaban J connectivity index is 4.21. The number of hydrogen-bond acceptors (Lipinski definition) is 3. The van der Waals surface area contributed by atoms with Crippen molar-refractivity contribution in [2.24, 2.45) is 0 Å². The first-order chi connectivity index (χ1) is 11.2. The number of aliphatic hydroxyl groups excluding tert-OH is 1. The molecular formula is C20H40O3. The molecule has 0 amide bonds. The van der Waals surface area contributed by atoms with E-state index in [9.17, 15) is 9.90 Å². The highest BCUT2D eigenvalue weighted by molar-refractivity contribution is 5.69. The standard InChI is InChI=1S/C20H40O3/c1-4-7-10-13-15-18(21)19(16-14-11-8-5-2)23-20(22)17-12-9-6-3/h18-19,21H,4-17H2,1-3H3. The minimum atomic E-state index is -0.497. The van der Waals surface area contributed by atoms with Gasteiger partial charge in [0.1, 0.15) is 6.10 Å². The van der Waals surface area contributed by atoms with Gasteiger partial charge in [0.15, 0.2) is 0 Å². The molecule has 0 fully saturated rings. The number of esters is 1. The van der Waals surface area contributed by atoms with Gasteiger partial charge in [0.05, 0.1) is 6.10 Å². The smallest absolute Gasteiger partial charge is 0.306 e. The average Bonchev–Trinajstić information content (AvgIpc) is 2.54. The molecular weight excluding hydrogens is 288 g/mol. The van der Waals surface area contributed by atoms with Crippen molar-refractivity contribution in [3.8, 4) is 0 Å². The topological polar surface area (TPSA) is 46.5 Å². The fourth-order valence-corrected chi connectivity index (χ4v) is 2.82. The van der Waals surface area contributed by atoms with Gasteiger partial charge in [-0.25, -0.2) is 0 Å². The average molecular weight is 329 g/mol. The van der Waals surface area contributed by atoms with E-state index in [1.165, 1.54) is 25.7 Å². The van der Waals surface area contributed by atoms with Gasteiger partial charge in [-0.2, -0.15) is 0 Å². The summed E-state index contributed by atoms with van der Waals surface area (Å²) in [4.78, 5) is 12.0. The van der Waals surface area contributed by atoms with Crippen LogP contribution in [0.25, 0.3) is 0 Å². The number of carbonyl (C=O) groups is 1. The normalized spacial score (nSPS) is 13.7. The largest absolute Gasteiger partial charge is 0.460 e. The lowest BCUT2D eigenvalue weighted by atomic mass is 10.00. The van der Waals surface area contributed by atoms with Crippen LogP contribution in [0.15, 0.2) is 0 Å². The minimum absolute atomic E-state index is 0.133. The van der Waals surface area contributed by atoms with Crippen molar-refractivity contribution >= 4 is 5.97 Å². The van der Waals surface area contributed by atoms with Gasteiger partial charge in [-0.05, 0) is 25.7 Å². The van der Waals surface area contributed by atoms with Gasteiger partial charge in [0.2, 0.25) is 0 Å². The van der Waals surface area contributed by atoms with Crippen molar-refractivity contribution in [2.45, 2.75) is 123 Å². The molecule has 0 heterocycles. The van der Waals surface area contributed by atoms with E-state index >= 15 is 0 Å². The van der Waals surface area contributed by atoms with Crippen LogP contribution in [0.5, 0.6) is 0 Å². The molecule has 3 heteroatoms. The molecule has 0 aromatic heterocycles. The summed E-state index contributed by atoms with van der Waals surface area (Å²) in [6, 6.07) is 0. The second kappa shape index (κ2) is 16.3. The monoisotopic (exact) mass is 328 g/mol. The molecule has 2 unspecified atom stereocenters. The number of rotatable bonds is 16. The summed E-state index contributed by atoms with van der Waals surface area (Å²) in [5.74, 6) is -0.133. The van der Waals surface area contributed by atoms with Crippen LogP contribution in [-0.4, -0.2) is 23.3 Å². The van der Waals surface area contributed by atoms with E-state index in [-0.39, 0.29) is 12.1 Å². The van der Waals surface area contributed by atoms with Crippen molar-refractivity contribution in [1.29, 1.82) is 0 Å². The first-order valence-corrected chi connectivity index (χ1v) is 10.0. The summed E-state index contributed by atoms with van der Waals surface area (Å²) in [5, 5.41) is 10.4. The maximum atomic E-state index is 12.0. The summed E-state index contributed by atoms with van der Waals surface area (Å²) in [6.07, 6.45) is 13.5. The molecule has 138 valence electrons. The lowest BCUT2D eigenvalue weighted by Crippen LogP contribution is -2.31. The first kappa shape index (κ1) is 22.4. The Morgan fingerprint density at radius 1 is 0.783 bits per heavy atom. The highest BCUT2D eigenvalue weighted by Crippen LogP contribution is 2.18. The van der Waals surface area contributed by atoms with Crippen LogP contribution in [0.1, 0.15) is 111 Å². The SMILES string of the molecule is CCCCCCC(O)C(CCCCCC)OC(=O)CCCCC. The number of carbonyl (C=O) groups excluding carboxylic acids is 1. The third-order valence-corrected chi connectivity index (χ3v) is 4.39. The molecule has 1 N–H and O–H groups in total. The molecule has 3 nitrogen and oxygen atoms in total. The van der Waals surface area contributed by atoms with Crippen LogP contribution >= 0.6 is 0 Å². The third kappa shape index (κ3) is 13.6. The Bertz CT molecular complexity index is 266. The quantitative estimate of drug-likeness (QED) is 0.288. The van der Waals surface area contributed by atoms with Gasteiger partial charge in [-0.3, -0.25) is 4.79 Å². The van der Waals surface area contributed by atoms with E-state index in [2.05, 4.69) is 20.8 Å². The molecule has 0 spiro atoms. The van der Waals surface area contributed by atoms with Crippen molar-refractivity contribution in [3.63, 3.8) is 0 Å². The Kier molecular flexibility index (Phi) is 15.9. The predicted octanol–water partition coefficient (Wildman–Crippen LogP) is 5.78. The van der Waals surface area contributed by atoms with Gasteiger partial charge < -0.3 is 9.84 Å². The molecule has 0 bridgehead atoms. The van der Waals surface area contributed by atoms with Crippen LogP contribution in [0, 0.1) is 0 Å². The minimum Gasteiger partial charge on any atom is -0.460 e. The summed E-state index contributed by atoms with van der Waals surface area (Å²) in [6.45, 7) is 6.50. The molecule has 0 rings (SSSR count). The Morgan fingerprint density at radius 2 is 1.30 bits per heavy atom. The highest BCUT2D eigenvalue weighted by Gasteiger charge is 2.22. The molecule has 0 aromatic carbocycles. The van der Waals surface area contributed by atoms with E-state index < -0.39 is 6.10 Å². The first-order valence-electron chi connectivity index (χ1n) is 10.0. The second-order valence-electron chi connectivity index (χ2n) is 6.75. The van der Waals surface area contributed by atoms with E-state index in [1.807, 2.05) is 0 Å². The van der Waals surface area contributed by atoms with Gasteiger partial charge in [0, 0.05) is 6.42 Å². The van der Waals surface area contributed by atoms with E-state index in [1.54, 1.807) is 0 Å². The number of hydrogen-bond donors (Lipinski definition) is 1. The van der Waals surface area contributed by atoms with E-state index in [0.717, 1.165) is 57.8 Å². The Morgan fingerprint density at radius 3 is 1.87 bits per heavy atom. The maximum Gasteiger partial charge on any atom is 0.306 e. The molecule has 0 saturated carbocycles. The second-order valence-corrected chi connectivity index (χ2v) is 6.75. The summed E-state index contributed by atoms with van der Waals surface area (Å²) < 4.78 is 5.61. The zero-order valence-electron chi connectivity index (χ0n) is 15.8. The van der Waals surface area contributed by atoms with E-state index in [4.69, 9.17) is 4.74 Å². The molecule has 23 heavy (non-hydrogen) atoms. The summed E-state index contributed by atoms with van der Waals surface area (Å²) >= 11 is 0. The lowest BCUT2D eigenvalue weighted by molar-refractivity contribution is -0.156. The fraction of sp³-hybridized carbons (Fsp3) is 0.950. The maximum absolute atomic E-state index is 12.0. The van der Waals surface area contributed by atoms with Gasteiger partial charge in [0.25, 0.3) is 0 Å². The highest BCUT2D eigenvalue weighted by atomic mass is 16.6. The Labute approximate surface area is 144 Å². The van der Waals surface area contributed by atoms with E-state index in [0.29, 0.717) is 6.42 Å². The van der Waals surface area contributed by atoms with Crippen molar-refractivity contribution in [2.75, 3.05) is 0 Å². The molecule has 0 aromatic rings. The van der Waals surface area contributed by atoms with Crippen molar-refractivity contribution in [1.82, 2.24) is 0 Å². The molecule has 0 aliphatic heterocycles. The van der Waals surface area contributed by atoms with Gasteiger partial charge in [-0.15, -0.1) is 0 Å². The zero-order valence-corrected chi connectivity index (χ0v) is 15.8. The van der Waals surface area contributed by atoms with Crippen LogP contribution in [-0.2, 0) is 9.53 Å². The van der Waals surface area contributed by atoms with Crippen LogP contribution < -0.4 is 0 Å². The summed E-state index contributed by atoms with van der Waals surface area (Å²) in [5.41, 5.74) is 0. The Hall–Kier alpha value is -0.570. The predicted molar refractivity (Wildman–Crippen MR) is 97.5 cm³/mol. The number of unbranched alkanes of at least 4 members (excludes halogenated alkanes) is 8. The van der Waals surface area contributed by atoms with Crippen molar-refractivity contribution in [3.05, 3.63) is 0 Å². The van der Waals surface area contributed by atoms with Crippen molar-refractivity contribution < 1.29 is 14.6 Å². The van der Waals surface area contributed by atoms with Gasteiger partial charge >= 0.3 is 5.97 Å². The molecule has 0 radical (unpaired) electrons. The lowest BCUT2D eigenvalue weighted by Gasteiger charge is -2.23. The van der Waals surface area contributed by atoms with Crippen LogP contribution in [0.4, 0.5) is 0 Å². The third-order valence-electron chi connectivity index (χ3n) is 4.39.